The van der Waals surface area contributed by atoms with Crippen LogP contribution in [0, 0.1) is 19.8 Å². The Kier molecular flexibility index (Phi) is 6.37. The van der Waals surface area contributed by atoms with E-state index in [2.05, 4.69) is 19.9 Å². The van der Waals surface area contributed by atoms with Crippen LogP contribution in [0.15, 0.2) is 18.2 Å². The van der Waals surface area contributed by atoms with Gasteiger partial charge in [-0.15, -0.1) is 0 Å². The molecule has 0 spiro atoms. The minimum Gasteiger partial charge on any atom is -0.386 e. The molecule has 0 bridgehead atoms. The summed E-state index contributed by atoms with van der Waals surface area (Å²) in [5.74, 6) is 0.571. The van der Waals surface area contributed by atoms with Crippen molar-refractivity contribution in [3.63, 3.8) is 0 Å². The summed E-state index contributed by atoms with van der Waals surface area (Å²) in [7, 11) is 0. The smallest absolute Gasteiger partial charge is 0.102 e. The molecule has 2 heteroatoms. The Balaban J connectivity index is 2.42. The maximum atomic E-state index is 10.1. The summed E-state index contributed by atoms with van der Waals surface area (Å²) in [4.78, 5) is 0. The molecule has 2 unspecified atom stereocenters. The summed E-state index contributed by atoms with van der Waals surface area (Å²) in [6, 6.07) is 6.16. The molecule has 0 aromatic heterocycles. The van der Waals surface area contributed by atoms with Gasteiger partial charge >= 0.3 is 0 Å². The summed E-state index contributed by atoms with van der Waals surface area (Å²) < 4.78 is 5.59. The highest BCUT2D eigenvalue weighted by Gasteiger charge is 2.09. The van der Waals surface area contributed by atoms with E-state index in [-0.39, 0.29) is 0 Å². The lowest BCUT2D eigenvalue weighted by molar-refractivity contribution is 0.0215. The number of benzene rings is 1. The molecule has 102 valence electrons. The van der Waals surface area contributed by atoms with E-state index in [1.165, 1.54) is 24.0 Å². The molecule has 0 aliphatic rings. The van der Waals surface area contributed by atoms with Crippen LogP contribution in [-0.2, 0) is 4.74 Å². The molecule has 1 N–H and O–H groups in total. The van der Waals surface area contributed by atoms with E-state index >= 15 is 0 Å². The van der Waals surface area contributed by atoms with Crippen LogP contribution in [0.4, 0.5) is 0 Å². The first-order valence-corrected chi connectivity index (χ1v) is 6.87. The second-order valence-corrected chi connectivity index (χ2v) is 5.37. The number of hydrogen-bond acceptors (Lipinski definition) is 2. The fourth-order valence-electron chi connectivity index (χ4n) is 2.26. The summed E-state index contributed by atoms with van der Waals surface area (Å²) >= 11 is 0. The van der Waals surface area contributed by atoms with Crippen molar-refractivity contribution in [3.05, 3.63) is 34.9 Å². The molecule has 0 heterocycles. The van der Waals surface area contributed by atoms with E-state index < -0.39 is 6.10 Å². The number of hydrogen-bond donors (Lipinski definition) is 1. The maximum Gasteiger partial charge on any atom is 0.102 e. The Labute approximate surface area is 111 Å². The fourth-order valence-corrected chi connectivity index (χ4v) is 2.26. The summed E-state index contributed by atoms with van der Waals surface area (Å²) in [5, 5.41) is 10.1. The standard InChI is InChI=1S/C16H26O2/c1-5-6-12(2)10-18-11-16(17)15-8-13(3)7-14(4)9-15/h7-9,12,16-17H,5-6,10-11H2,1-4H3. The van der Waals surface area contributed by atoms with Gasteiger partial charge in [0.05, 0.1) is 6.61 Å². The third kappa shape index (κ3) is 5.19. The molecular weight excluding hydrogens is 224 g/mol. The molecule has 0 amide bonds. The van der Waals surface area contributed by atoms with Gasteiger partial charge in [-0.05, 0) is 31.7 Å². The second-order valence-electron chi connectivity index (χ2n) is 5.37. The lowest BCUT2D eigenvalue weighted by Gasteiger charge is -2.15. The Morgan fingerprint density at radius 3 is 2.28 bits per heavy atom. The number of aliphatic hydroxyl groups is 1. The molecule has 0 aliphatic heterocycles. The molecule has 2 atom stereocenters. The van der Waals surface area contributed by atoms with Crippen molar-refractivity contribution < 1.29 is 9.84 Å². The van der Waals surface area contributed by atoms with Crippen molar-refractivity contribution in [2.75, 3.05) is 13.2 Å². The molecular formula is C16H26O2. The Morgan fingerprint density at radius 2 is 1.72 bits per heavy atom. The van der Waals surface area contributed by atoms with E-state index in [9.17, 15) is 5.11 Å². The SMILES string of the molecule is CCCC(C)COCC(O)c1cc(C)cc(C)c1. The molecule has 1 aromatic rings. The Morgan fingerprint density at radius 1 is 1.11 bits per heavy atom. The van der Waals surface area contributed by atoms with Gasteiger partial charge in [-0.1, -0.05) is 49.6 Å². The van der Waals surface area contributed by atoms with Gasteiger partial charge in [0.15, 0.2) is 0 Å². The minimum atomic E-state index is -0.516. The van der Waals surface area contributed by atoms with E-state index in [1.54, 1.807) is 0 Å². The van der Waals surface area contributed by atoms with Crippen LogP contribution in [0.5, 0.6) is 0 Å². The first-order chi connectivity index (χ1) is 8.52. The van der Waals surface area contributed by atoms with Gasteiger partial charge in [-0.3, -0.25) is 0 Å². The third-order valence-electron chi connectivity index (χ3n) is 3.09. The molecule has 1 rings (SSSR count). The normalized spacial score (nSPS) is 14.5. The van der Waals surface area contributed by atoms with Crippen LogP contribution in [0.25, 0.3) is 0 Å². The maximum absolute atomic E-state index is 10.1. The Hall–Kier alpha value is -0.860. The average molecular weight is 250 g/mol. The first kappa shape index (κ1) is 15.2. The quantitative estimate of drug-likeness (QED) is 0.798. The van der Waals surface area contributed by atoms with E-state index in [0.29, 0.717) is 12.5 Å². The molecule has 0 radical (unpaired) electrons. The molecule has 0 saturated heterocycles. The van der Waals surface area contributed by atoms with Gasteiger partial charge < -0.3 is 9.84 Å². The zero-order chi connectivity index (χ0) is 13.5. The van der Waals surface area contributed by atoms with E-state index in [0.717, 1.165) is 12.2 Å². The van der Waals surface area contributed by atoms with Crippen LogP contribution in [0.3, 0.4) is 0 Å². The van der Waals surface area contributed by atoms with Gasteiger partial charge in [-0.25, -0.2) is 0 Å². The van der Waals surface area contributed by atoms with Gasteiger partial charge in [0.25, 0.3) is 0 Å². The molecule has 2 nitrogen and oxygen atoms in total. The van der Waals surface area contributed by atoms with Crippen LogP contribution >= 0.6 is 0 Å². The lowest BCUT2D eigenvalue weighted by atomic mass is 10.0. The van der Waals surface area contributed by atoms with Crippen molar-refractivity contribution >= 4 is 0 Å². The highest BCUT2D eigenvalue weighted by atomic mass is 16.5. The largest absolute Gasteiger partial charge is 0.386 e. The predicted octanol–water partition coefficient (Wildman–Crippen LogP) is 3.79. The molecule has 0 aliphatic carbocycles. The van der Waals surface area contributed by atoms with Gasteiger partial charge in [-0.2, -0.15) is 0 Å². The van der Waals surface area contributed by atoms with Crippen LogP contribution in [0.1, 0.15) is 49.5 Å². The van der Waals surface area contributed by atoms with E-state index in [1.807, 2.05) is 26.0 Å². The van der Waals surface area contributed by atoms with Crippen molar-refractivity contribution in [2.45, 2.75) is 46.6 Å². The average Bonchev–Trinajstić information content (AvgIpc) is 2.27. The molecule has 0 saturated carbocycles. The lowest BCUT2D eigenvalue weighted by Crippen LogP contribution is -2.12. The second kappa shape index (κ2) is 7.55. The third-order valence-corrected chi connectivity index (χ3v) is 3.09. The zero-order valence-electron chi connectivity index (χ0n) is 12.1. The monoisotopic (exact) mass is 250 g/mol. The van der Waals surface area contributed by atoms with Gasteiger partial charge in [0.1, 0.15) is 6.10 Å². The first-order valence-electron chi connectivity index (χ1n) is 6.87. The van der Waals surface area contributed by atoms with Gasteiger partial charge in [0, 0.05) is 6.61 Å². The minimum absolute atomic E-state index is 0.386. The van der Waals surface area contributed by atoms with Crippen molar-refractivity contribution in [2.24, 2.45) is 5.92 Å². The number of ether oxygens (including phenoxy) is 1. The summed E-state index contributed by atoms with van der Waals surface area (Å²) in [6.07, 6.45) is 1.85. The van der Waals surface area contributed by atoms with Crippen LogP contribution in [0.2, 0.25) is 0 Å². The van der Waals surface area contributed by atoms with Crippen LogP contribution < -0.4 is 0 Å². The highest BCUT2D eigenvalue weighted by molar-refractivity contribution is 5.29. The van der Waals surface area contributed by atoms with Crippen molar-refractivity contribution in [3.8, 4) is 0 Å². The highest BCUT2D eigenvalue weighted by Crippen LogP contribution is 2.17. The summed E-state index contributed by atoms with van der Waals surface area (Å²) in [5.41, 5.74) is 3.32. The van der Waals surface area contributed by atoms with Crippen molar-refractivity contribution in [1.29, 1.82) is 0 Å². The van der Waals surface area contributed by atoms with Crippen LogP contribution in [-0.4, -0.2) is 18.3 Å². The molecule has 18 heavy (non-hydrogen) atoms. The number of aryl methyl sites for hydroxylation is 2. The molecule has 1 aromatic carbocycles. The molecule has 0 fully saturated rings. The number of aliphatic hydroxyl groups excluding tert-OH is 1. The summed E-state index contributed by atoms with van der Waals surface area (Å²) in [6.45, 7) is 9.58. The van der Waals surface area contributed by atoms with Gasteiger partial charge in [0.2, 0.25) is 0 Å². The Bertz CT molecular complexity index is 340. The topological polar surface area (TPSA) is 29.5 Å². The number of rotatable bonds is 7. The van der Waals surface area contributed by atoms with E-state index in [4.69, 9.17) is 4.74 Å². The zero-order valence-corrected chi connectivity index (χ0v) is 12.1. The predicted molar refractivity (Wildman–Crippen MR) is 75.8 cm³/mol. The van der Waals surface area contributed by atoms with Crippen molar-refractivity contribution in [1.82, 2.24) is 0 Å². The fraction of sp³-hybridized carbons (Fsp3) is 0.625.